The highest BCUT2D eigenvalue weighted by molar-refractivity contribution is 7.89. The van der Waals surface area contributed by atoms with E-state index in [9.17, 15) is 13.2 Å². The minimum Gasteiger partial charge on any atom is -0.341 e. The van der Waals surface area contributed by atoms with Gasteiger partial charge in [-0.2, -0.15) is 4.72 Å². The van der Waals surface area contributed by atoms with Crippen molar-refractivity contribution in [3.05, 3.63) is 23.2 Å². The van der Waals surface area contributed by atoms with Gasteiger partial charge < -0.3 is 4.90 Å². The van der Waals surface area contributed by atoms with E-state index < -0.39 is 16.1 Å². The number of nitrogens with one attached hydrogen (secondary N) is 1. The molecule has 1 fully saturated rings. The minimum absolute atomic E-state index is 0.112. The van der Waals surface area contributed by atoms with Crippen LogP contribution in [-0.2, 0) is 14.8 Å². The number of carbonyl (C=O) groups excluding carboxylic acids is 1. The number of likely N-dealkylation sites (tertiary alicyclic amines) is 1. The van der Waals surface area contributed by atoms with Crippen molar-refractivity contribution in [1.82, 2.24) is 14.6 Å². The molecule has 154 valence electrons. The predicted octanol–water partition coefficient (Wildman–Crippen LogP) is 3.56. The molecule has 2 aromatic rings. The molecular formula is C20H29N3O3S2. The van der Waals surface area contributed by atoms with Crippen LogP contribution in [0.1, 0.15) is 45.0 Å². The number of aryl methyl sites for hydroxylation is 1. The summed E-state index contributed by atoms with van der Waals surface area (Å²) in [5.74, 6) is 0.537. The van der Waals surface area contributed by atoms with Crippen LogP contribution in [0.15, 0.2) is 23.1 Å². The van der Waals surface area contributed by atoms with Crippen LogP contribution in [0.4, 0.5) is 0 Å². The molecule has 1 amide bonds. The monoisotopic (exact) mass is 423 g/mol. The number of fused-ring (bicyclic) bond motifs is 1. The summed E-state index contributed by atoms with van der Waals surface area (Å²) < 4.78 is 29.6. The van der Waals surface area contributed by atoms with E-state index in [1.54, 1.807) is 18.2 Å². The Balaban J connectivity index is 1.84. The molecule has 3 rings (SSSR count). The Hall–Kier alpha value is -1.51. The smallest absolute Gasteiger partial charge is 0.241 e. The van der Waals surface area contributed by atoms with Crippen molar-refractivity contribution in [2.45, 2.75) is 57.9 Å². The zero-order valence-corrected chi connectivity index (χ0v) is 18.6. The SMILES string of the molecule is Cc1nc2ccc(S(=O)(=O)NC(CC(C)C)C(=O)N3CCCC(C)C3)cc2s1. The van der Waals surface area contributed by atoms with Crippen LogP contribution in [-0.4, -0.2) is 43.3 Å². The van der Waals surface area contributed by atoms with E-state index in [-0.39, 0.29) is 16.7 Å². The van der Waals surface area contributed by atoms with E-state index in [1.165, 1.54) is 11.3 Å². The lowest BCUT2D eigenvalue weighted by Crippen LogP contribution is -2.51. The Bertz CT molecular complexity index is 953. The summed E-state index contributed by atoms with van der Waals surface area (Å²) in [6.07, 6.45) is 2.55. The molecule has 2 heterocycles. The molecule has 1 N–H and O–H groups in total. The molecule has 1 saturated heterocycles. The predicted molar refractivity (Wildman–Crippen MR) is 113 cm³/mol. The normalized spacial score (nSPS) is 19.3. The summed E-state index contributed by atoms with van der Waals surface area (Å²) in [5, 5.41) is 0.893. The number of thiazole rings is 1. The van der Waals surface area contributed by atoms with E-state index >= 15 is 0 Å². The van der Waals surface area contributed by atoms with Gasteiger partial charge in [-0.15, -0.1) is 11.3 Å². The lowest BCUT2D eigenvalue weighted by atomic mass is 9.98. The van der Waals surface area contributed by atoms with Gasteiger partial charge in [0.05, 0.1) is 20.1 Å². The van der Waals surface area contributed by atoms with E-state index in [0.29, 0.717) is 25.4 Å². The number of hydrogen-bond acceptors (Lipinski definition) is 5. The standard InChI is InChI=1S/C20H29N3O3S2/c1-13(2)10-18(20(24)23-9-5-6-14(3)12-23)22-28(25,26)16-7-8-17-19(11-16)27-15(4)21-17/h7-8,11,13-14,18,22H,5-6,9-10,12H2,1-4H3. The topological polar surface area (TPSA) is 79.4 Å². The second-order valence-electron chi connectivity index (χ2n) is 8.20. The molecule has 0 aliphatic carbocycles. The van der Waals surface area contributed by atoms with Crippen molar-refractivity contribution in [1.29, 1.82) is 0 Å². The summed E-state index contributed by atoms with van der Waals surface area (Å²) in [7, 11) is -3.80. The van der Waals surface area contributed by atoms with Gasteiger partial charge in [0, 0.05) is 13.1 Å². The highest BCUT2D eigenvalue weighted by atomic mass is 32.2. The fourth-order valence-corrected chi connectivity index (χ4v) is 5.89. The van der Waals surface area contributed by atoms with Crippen LogP contribution in [0.5, 0.6) is 0 Å². The second-order valence-corrected chi connectivity index (χ2v) is 11.1. The van der Waals surface area contributed by atoms with E-state index in [2.05, 4.69) is 16.6 Å². The minimum atomic E-state index is -3.80. The van der Waals surface area contributed by atoms with Crippen molar-refractivity contribution >= 4 is 37.5 Å². The fraction of sp³-hybridized carbons (Fsp3) is 0.600. The Morgan fingerprint density at radius 3 is 2.82 bits per heavy atom. The van der Waals surface area contributed by atoms with Gasteiger partial charge in [0.25, 0.3) is 0 Å². The Morgan fingerprint density at radius 1 is 1.39 bits per heavy atom. The number of sulfonamides is 1. The van der Waals surface area contributed by atoms with Gasteiger partial charge in [-0.3, -0.25) is 4.79 Å². The zero-order chi connectivity index (χ0) is 20.5. The third kappa shape index (κ3) is 4.90. The van der Waals surface area contributed by atoms with E-state index in [1.807, 2.05) is 25.7 Å². The van der Waals surface area contributed by atoms with Crippen molar-refractivity contribution in [2.75, 3.05) is 13.1 Å². The van der Waals surface area contributed by atoms with E-state index in [4.69, 9.17) is 0 Å². The van der Waals surface area contributed by atoms with Gasteiger partial charge in [0.15, 0.2) is 0 Å². The summed E-state index contributed by atoms with van der Waals surface area (Å²) >= 11 is 1.46. The van der Waals surface area contributed by atoms with Crippen LogP contribution < -0.4 is 4.72 Å². The first kappa shape index (κ1) is 21.2. The number of piperidine rings is 1. The molecule has 1 aromatic carbocycles. The molecule has 2 atom stereocenters. The van der Waals surface area contributed by atoms with Gasteiger partial charge in [0.2, 0.25) is 15.9 Å². The van der Waals surface area contributed by atoms with Crippen molar-refractivity contribution < 1.29 is 13.2 Å². The van der Waals surface area contributed by atoms with Crippen molar-refractivity contribution in [2.24, 2.45) is 11.8 Å². The fourth-order valence-electron chi connectivity index (χ4n) is 3.72. The molecule has 6 nitrogen and oxygen atoms in total. The highest BCUT2D eigenvalue weighted by Crippen LogP contribution is 2.25. The third-order valence-corrected chi connectivity index (χ3v) is 7.45. The number of amides is 1. The third-order valence-electron chi connectivity index (χ3n) is 5.05. The first-order valence-electron chi connectivity index (χ1n) is 9.84. The maximum Gasteiger partial charge on any atom is 0.241 e. The molecule has 28 heavy (non-hydrogen) atoms. The molecule has 0 spiro atoms. The summed E-state index contributed by atoms with van der Waals surface area (Å²) in [6.45, 7) is 9.42. The highest BCUT2D eigenvalue weighted by Gasteiger charge is 2.31. The van der Waals surface area contributed by atoms with Crippen LogP contribution in [0, 0.1) is 18.8 Å². The number of hydrogen-bond donors (Lipinski definition) is 1. The molecule has 2 unspecified atom stereocenters. The van der Waals surface area contributed by atoms with Gasteiger partial charge in [-0.25, -0.2) is 13.4 Å². The Morgan fingerprint density at radius 2 is 2.14 bits per heavy atom. The van der Waals surface area contributed by atoms with Crippen LogP contribution >= 0.6 is 11.3 Å². The Labute approximate surface area is 171 Å². The number of benzene rings is 1. The lowest BCUT2D eigenvalue weighted by molar-refractivity contribution is -0.135. The summed E-state index contributed by atoms with van der Waals surface area (Å²) in [6, 6.07) is 4.18. The van der Waals surface area contributed by atoms with Gasteiger partial charge in [-0.05, 0) is 56.2 Å². The van der Waals surface area contributed by atoms with Crippen molar-refractivity contribution in [3.8, 4) is 0 Å². The molecule has 0 bridgehead atoms. The van der Waals surface area contributed by atoms with Crippen LogP contribution in [0.3, 0.4) is 0 Å². The van der Waals surface area contributed by atoms with Gasteiger partial charge in [-0.1, -0.05) is 20.8 Å². The van der Waals surface area contributed by atoms with Gasteiger partial charge >= 0.3 is 0 Å². The van der Waals surface area contributed by atoms with Gasteiger partial charge in [0.1, 0.15) is 6.04 Å². The largest absolute Gasteiger partial charge is 0.341 e. The molecular weight excluding hydrogens is 394 g/mol. The average molecular weight is 424 g/mol. The molecule has 0 saturated carbocycles. The van der Waals surface area contributed by atoms with Crippen molar-refractivity contribution in [3.63, 3.8) is 0 Å². The Kier molecular flexibility index (Phi) is 6.41. The molecule has 1 aromatic heterocycles. The number of rotatable bonds is 6. The lowest BCUT2D eigenvalue weighted by Gasteiger charge is -2.34. The quantitative estimate of drug-likeness (QED) is 0.770. The molecule has 0 radical (unpaired) electrons. The van der Waals surface area contributed by atoms with Crippen LogP contribution in [0.25, 0.3) is 10.2 Å². The summed E-state index contributed by atoms with van der Waals surface area (Å²) in [4.78, 5) is 19.5. The zero-order valence-electron chi connectivity index (χ0n) is 16.9. The van der Waals surface area contributed by atoms with E-state index in [0.717, 1.165) is 28.1 Å². The molecule has 8 heteroatoms. The van der Waals surface area contributed by atoms with Crippen LogP contribution in [0.2, 0.25) is 0 Å². The maximum absolute atomic E-state index is 13.1. The maximum atomic E-state index is 13.1. The number of carbonyl (C=O) groups is 1. The number of aromatic nitrogens is 1. The summed E-state index contributed by atoms with van der Waals surface area (Å²) in [5.41, 5.74) is 0.790. The molecule has 1 aliphatic rings. The first-order valence-corrected chi connectivity index (χ1v) is 12.1. The molecule has 1 aliphatic heterocycles. The average Bonchev–Trinajstić information content (AvgIpc) is 2.99. The first-order chi connectivity index (χ1) is 13.2. The second kappa shape index (κ2) is 8.47. The number of nitrogens with zero attached hydrogens (tertiary/aromatic N) is 2.